The number of hydrogen-bond donors (Lipinski definition) is 1. The second kappa shape index (κ2) is 4.45. The Morgan fingerprint density at radius 2 is 1.94 bits per heavy atom. The van der Waals surface area contributed by atoms with Crippen molar-refractivity contribution in [3.63, 3.8) is 0 Å². The zero-order valence-corrected chi connectivity index (χ0v) is 11.3. The van der Waals surface area contributed by atoms with Crippen LogP contribution in [-0.4, -0.2) is 10.3 Å². The first-order valence-electron chi connectivity index (χ1n) is 5.18. The lowest BCUT2D eigenvalue weighted by Crippen LogP contribution is -1.90. The maximum Gasteiger partial charge on any atom is 0.179 e. The molecule has 0 unspecified atom stereocenters. The van der Waals surface area contributed by atoms with Gasteiger partial charge in [-0.3, -0.25) is 0 Å². The Kier molecular flexibility index (Phi) is 2.78. The van der Waals surface area contributed by atoms with Gasteiger partial charge >= 0.3 is 0 Å². The van der Waals surface area contributed by atoms with Crippen LogP contribution < -0.4 is 10.5 Å². The van der Waals surface area contributed by atoms with Gasteiger partial charge in [0, 0.05) is 3.57 Å². The maximum atomic E-state index is 5.77. The van der Waals surface area contributed by atoms with Gasteiger partial charge in [-0.05, 0) is 63.2 Å². The predicted molar refractivity (Wildman–Crippen MR) is 75.4 cm³/mol. The van der Waals surface area contributed by atoms with Gasteiger partial charge in [0.05, 0.1) is 5.69 Å². The summed E-state index contributed by atoms with van der Waals surface area (Å²) in [5, 5.41) is 7.55. The van der Waals surface area contributed by atoms with Crippen molar-refractivity contribution in [3.05, 3.63) is 40.0 Å². The van der Waals surface area contributed by atoms with Crippen molar-refractivity contribution in [2.75, 3.05) is 5.73 Å². The van der Waals surface area contributed by atoms with Gasteiger partial charge in [-0.2, -0.15) is 0 Å². The number of nitrogens with two attached hydrogens (primary N) is 1. The van der Waals surface area contributed by atoms with Crippen molar-refractivity contribution in [1.29, 1.82) is 0 Å². The Morgan fingerprint density at radius 3 is 2.78 bits per heavy atom. The van der Waals surface area contributed by atoms with Gasteiger partial charge in [-0.25, -0.2) is 4.63 Å². The Balaban J connectivity index is 2.05. The molecule has 5 nitrogen and oxygen atoms in total. The standard InChI is InChI=1S/C12H8IN3O2/c13-7-2-1-3-8(6-7)17-10-5-4-9(14)11-12(10)16-18-15-11/h1-6H,14H2. The second-order valence-corrected chi connectivity index (χ2v) is 4.92. The third-order valence-electron chi connectivity index (χ3n) is 2.43. The van der Waals surface area contributed by atoms with Crippen molar-refractivity contribution >= 4 is 39.3 Å². The third kappa shape index (κ3) is 1.99. The van der Waals surface area contributed by atoms with E-state index in [9.17, 15) is 0 Å². The molecule has 0 spiro atoms. The number of nitrogen functional groups attached to an aromatic ring is 1. The first-order valence-corrected chi connectivity index (χ1v) is 6.26. The summed E-state index contributed by atoms with van der Waals surface area (Å²) in [6.07, 6.45) is 0. The number of anilines is 1. The molecule has 6 heteroatoms. The quantitative estimate of drug-likeness (QED) is 0.566. The lowest BCUT2D eigenvalue weighted by Gasteiger charge is -2.06. The molecule has 0 radical (unpaired) electrons. The molecule has 0 saturated heterocycles. The summed E-state index contributed by atoms with van der Waals surface area (Å²) in [4.78, 5) is 0. The molecule has 0 aliphatic carbocycles. The van der Waals surface area contributed by atoms with Crippen LogP contribution in [0.3, 0.4) is 0 Å². The largest absolute Gasteiger partial charge is 0.455 e. The van der Waals surface area contributed by atoms with Crippen LogP contribution in [0.5, 0.6) is 11.5 Å². The van der Waals surface area contributed by atoms with Crippen molar-refractivity contribution in [1.82, 2.24) is 10.3 Å². The number of nitrogens with zero attached hydrogens (tertiary/aromatic N) is 2. The SMILES string of the molecule is Nc1ccc(Oc2cccc(I)c2)c2nonc12. The highest BCUT2D eigenvalue weighted by Gasteiger charge is 2.11. The second-order valence-electron chi connectivity index (χ2n) is 3.67. The van der Waals surface area contributed by atoms with Gasteiger partial charge in [-0.1, -0.05) is 6.07 Å². The van der Waals surface area contributed by atoms with Crippen molar-refractivity contribution in [2.45, 2.75) is 0 Å². The Bertz CT molecular complexity index is 711. The minimum absolute atomic E-state index is 0.512. The topological polar surface area (TPSA) is 74.2 Å². The van der Waals surface area contributed by atoms with E-state index in [1.165, 1.54) is 0 Å². The van der Waals surface area contributed by atoms with Gasteiger partial charge in [0.25, 0.3) is 0 Å². The van der Waals surface area contributed by atoms with E-state index >= 15 is 0 Å². The minimum atomic E-state index is 0.512. The molecule has 0 aliphatic heterocycles. The molecule has 3 rings (SSSR count). The van der Waals surface area contributed by atoms with E-state index < -0.39 is 0 Å². The first kappa shape index (κ1) is 11.3. The van der Waals surface area contributed by atoms with Gasteiger partial charge in [-0.15, -0.1) is 0 Å². The van der Waals surface area contributed by atoms with Crippen LogP contribution in [0.2, 0.25) is 0 Å². The summed E-state index contributed by atoms with van der Waals surface area (Å²) >= 11 is 2.22. The van der Waals surface area contributed by atoms with Crippen LogP contribution in [0.4, 0.5) is 5.69 Å². The fraction of sp³-hybridized carbons (Fsp3) is 0. The summed E-state index contributed by atoms with van der Waals surface area (Å²) < 4.78 is 11.5. The van der Waals surface area contributed by atoms with E-state index in [1.807, 2.05) is 24.3 Å². The molecular formula is C12H8IN3O2. The molecule has 0 saturated carbocycles. The first-order chi connectivity index (χ1) is 8.74. The average Bonchev–Trinajstić information content (AvgIpc) is 2.83. The molecule has 18 heavy (non-hydrogen) atoms. The number of ether oxygens (including phenoxy) is 1. The fourth-order valence-corrected chi connectivity index (χ4v) is 2.12. The third-order valence-corrected chi connectivity index (χ3v) is 3.10. The lowest BCUT2D eigenvalue weighted by molar-refractivity contribution is 0.314. The zero-order chi connectivity index (χ0) is 12.5. The van der Waals surface area contributed by atoms with Crippen LogP contribution >= 0.6 is 22.6 Å². The molecular weight excluding hydrogens is 345 g/mol. The van der Waals surface area contributed by atoms with E-state index in [0.717, 1.165) is 9.32 Å². The minimum Gasteiger partial charge on any atom is -0.455 e. The van der Waals surface area contributed by atoms with Crippen molar-refractivity contribution in [3.8, 4) is 11.5 Å². The summed E-state index contributed by atoms with van der Waals surface area (Å²) in [5.74, 6) is 1.30. The number of halogens is 1. The highest BCUT2D eigenvalue weighted by Crippen LogP contribution is 2.31. The van der Waals surface area contributed by atoms with Crippen LogP contribution in [0.25, 0.3) is 11.0 Å². The Hall–Kier alpha value is -1.83. The maximum absolute atomic E-state index is 5.77. The normalized spacial score (nSPS) is 10.7. The average molecular weight is 353 g/mol. The monoisotopic (exact) mass is 353 g/mol. The van der Waals surface area contributed by atoms with Crippen LogP contribution in [0.15, 0.2) is 41.0 Å². The van der Waals surface area contributed by atoms with E-state index in [2.05, 4.69) is 37.5 Å². The van der Waals surface area contributed by atoms with E-state index in [1.54, 1.807) is 12.1 Å². The van der Waals surface area contributed by atoms with E-state index in [4.69, 9.17) is 10.5 Å². The highest BCUT2D eigenvalue weighted by atomic mass is 127. The molecule has 2 N–H and O–H groups in total. The summed E-state index contributed by atoms with van der Waals surface area (Å²) in [6.45, 7) is 0. The molecule has 2 aromatic carbocycles. The van der Waals surface area contributed by atoms with Crippen molar-refractivity contribution < 1.29 is 9.37 Å². The molecule has 1 aromatic heterocycles. The molecule has 3 aromatic rings. The predicted octanol–water partition coefficient (Wildman–Crippen LogP) is 3.20. The highest BCUT2D eigenvalue weighted by molar-refractivity contribution is 14.1. The number of benzene rings is 2. The fourth-order valence-electron chi connectivity index (χ4n) is 1.60. The van der Waals surface area contributed by atoms with Crippen LogP contribution in [0.1, 0.15) is 0 Å². The molecule has 90 valence electrons. The zero-order valence-electron chi connectivity index (χ0n) is 9.13. The number of rotatable bonds is 2. The van der Waals surface area contributed by atoms with Crippen molar-refractivity contribution in [2.24, 2.45) is 0 Å². The molecule has 1 heterocycles. The number of fused-ring (bicyclic) bond motifs is 1. The molecule has 0 atom stereocenters. The lowest BCUT2D eigenvalue weighted by atomic mass is 10.2. The van der Waals surface area contributed by atoms with Gasteiger partial charge in [0.1, 0.15) is 5.75 Å². The molecule has 0 aliphatic rings. The van der Waals surface area contributed by atoms with Crippen LogP contribution in [-0.2, 0) is 0 Å². The smallest absolute Gasteiger partial charge is 0.179 e. The van der Waals surface area contributed by atoms with Gasteiger partial charge in [0.15, 0.2) is 16.8 Å². The molecule has 0 bridgehead atoms. The van der Waals surface area contributed by atoms with Gasteiger partial charge in [0.2, 0.25) is 0 Å². The van der Waals surface area contributed by atoms with Crippen LogP contribution in [0, 0.1) is 3.57 Å². The van der Waals surface area contributed by atoms with E-state index in [-0.39, 0.29) is 0 Å². The number of hydrogen-bond acceptors (Lipinski definition) is 5. The number of aromatic nitrogens is 2. The Morgan fingerprint density at radius 1 is 1.11 bits per heavy atom. The van der Waals surface area contributed by atoms with Gasteiger partial charge < -0.3 is 10.5 Å². The Labute approximate surface area is 116 Å². The summed E-state index contributed by atoms with van der Waals surface area (Å²) in [7, 11) is 0. The molecule has 0 amide bonds. The van der Waals surface area contributed by atoms with E-state index in [0.29, 0.717) is 22.5 Å². The summed E-state index contributed by atoms with van der Waals surface area (Å²) in [5.41, 5.74) is 7.32. The summed E-state index contributed by atoms with van der Waals surface area (Å²) in [6, 6.07) is 11.2. The molecule has 0 fully saturated rings.